The normalized spacial score (nSPS) is 12.7. The van der Waals surface area contributed by atoms with Gasteiger partial charge < -0.3 is 5.11 Å². The van der Waals surface area contributed by atoms with Crippen LogP contribution in [0.15, 0.2) is 17.2 Å². The maximum absolute atomic E-state index is 12.2. The van der Waals surface area contributed by atoms with E-state index in [1.54, 1.807) is 13.8 Å². The van der Waals surface area contributed by atoms with E-state index in [0.29, 0.717) is 12.8 Å². The Morgan fingerprint density at radius 3 is 2.37 bits per heavy atom. The molecular formula is C11H16Cl2N2O3S. The van der Waals surface area contributed by atoms with Gasteiger partial charge in [0.15, 0.2) is 0 Å². The molecule has 0 atom stereocenters. The second-order valence-corrected chi connectivity index (χ2v) is 6.64. The Labute approximate surface area is 123 Å². The van der Waals surface area contributed by atoms with E-state index in [0.717, 1.165) is 6.20 Å². The summed E-state index contributed by atoms with van der Waals surface area (Å²) in [6.07, 6.45) is 2.06. The topological polar surface area (TPSA) is 79.3 Å². The minimum absolute atomic E-state index is 0.0417. The van der Waals surface area contributed by atoms with Crippen molar-refractivity contribution in [1.29, 1.82) is 0 Å². The molecule has 0 saturated carbocycles. The molecule has 108 valence electrons. The molecule has 1 aromatic rings. The van der Waals surface area contributed by atoms with Crippen molar-refractivity contribution in [2.45, 2.75) is 37.1 Å². The van der Waals surface area contributed by atoms with Gasteiger partial charge in [-0.3, -0.25) is 0 Å². The second kappa shape index (κ2) is 6.37. The summed E-state index contributed by atoms with van der Waals surface area (Å²) < 4.78 is 26.9. The quantitative estimate of drug-likeness (QED) is 0.785. The monoisotopic (exact) mass is 326 g/mol. The van der Waals surface area contributed by atoms with Crippen LogP contribution in [0.4, 0.5) is 0 Å². The van der Waals surface area contributed by atoms with Gasteiger partial charge in [-0.05, 0) is 18.9 Å². The first-order valence-electron chi connectivity index (χ1n) is 5.76. The smallest absolute Gasteiger partial charge is 0.242 e. The van der Waals surface area contributed by atoms with Gasteiger partial charge in [-0.15, -0.1) is 0 Å². The van der Waals surface area contributed by atoms with Gasteiger partial charge in [0.25, 0.3) is 0 Å². The Balaban J connectivity index is 3.14. The van der Waals surface area contributed by atoms with Crippen LogP contribution in [-0.4, -0.2) is 30.7 Å². The average molecular weight is 327 g/mol. The lowest BCUT2D eigenvalue weighted by molar-refractivity contribution is 0.172. The third kappa shape index (κ3) is 3.79. The Hall–Kier alpha value is -0.400. The fourth-order valence-electron chi connectivity index (χ4n) is 1.54. The molecule has 1 heterocycles. The molecule has 0 aliphatic carbocycles. The molecule has 0 aliphatic heterocycles. The molecule has 0 spiro atoms. The van der Waals surface area contributed by atoms with E-state index in [2.05, 4.69) is 9.71 Å². The number of hydrogen-bond acceptors (Lipinski definition) is 4. The number of aromatic nitrogens is 1. The lowest BCUT2D eigenvalue weighted by Gasteiger charge is -2.30. The molecule has 0 radical (unpaired) electrons. The van der Waals surface area contributed by atoms with Crippen molar-refractivity contribution in [1.82, 2.24) is 9.71 Å². The molecule has 0 amide bonds. The Kier molecular flexibility index (Phi) is 5.58. The summed E-state index contributed by atoms with van der Waals surface area (Å²) >= 11 is 11.4. The molecule has 5 nitrogen and oxygen atoms in total. The zero-order valence-electron chi connectivity index (χ0n) is 10.7. The van der Waals surface area contributed by atoms with Gasteiger partial charge in [-0.2, -0.15) is 0 Å². The standard InChI is InChI=1S/C11H16Cl2N2O3S/c1-3-11(4-2,7-16)15-19(17,18)8-5-9(12)10(13)14-6-8/h5-6,15-16H,3-4,7H2,1-2H3. The van der Waals surface area contributed by atoms with Crippen molar-refractivity contribution in [3.05, 3.63) is 22.4 Å². The molecule has 0 aromatic carbocycles. The number of pyridine rings is 1. The van der Waals surface area contributed by atoms with E-state index in [-0.39, 0.29) is 21.7 Å². The highest BCUT2D eigenvalue weighted by Crippen LogP contribution is 2.24. The predicted octanol–water partition coefficient (Wildman–Crippen LogP) is 2.22. The first kappa shape index (κ1) is 16.7. The number of hydrogen-bond donors (Lipinski definition) is 2. The molecule has 19 heavy (non-hydrogen) atoms. The van der Waals surface area contributed by atoms with Gasteiger partial charge in [-0.1, -0.05) is 37.0 Å². The van der Waals surface area contributed by atoms with E-state index in [4.69, 9.17) is 23.2 Å². The summed E-state index contributed by atoms with van der Waals surface area (Å²) in [5.74, 6) is 0. The van der Waals surface area contributed by atoms with Crippen LogP contribution >= 0.6 is 23.2 Å². The summed E-state index contributed by atoms with van der Waals surface area (Å²) in [4.78, 5) is 3.62. The predicted molar refractivity (Wildman–Crippen MR) is 75.0 cm³/mol. The maximum atomic E-state index is 12.2. The number of sulfonamides is 1. The van der Waals surface area contributed by atoms with Crippen molar-refractivity contribution in [2.75, 3.05) is 6.61 Å². The van der Waals surface area contributed by atoms with E-state index >= 15 is 0 Å². The van der Waals surface area contributed by atoms with Gasteiger partial charge >= 0.3 is 0 Å². The molecule has 8 heteroatoms. The van der Waals surface area contributed by atoms with Crippen molar-refractivity contribution < 1.29 is 13.5 Å². The fourth-order valence-corrected chi connectivity index (χ4v) is 3.38. The lowest BCUT2D eigenvalue weighted by atomic mass is 9.96. The Morgan fingerprint density at radius 1 is 1.37 bits per heavy atom. The molecule has 0 bridgehead atoms. The molecule has 1 aromatic heterocycles. The van der Waals surface area contributed by atoms with E-state index in [1.807, 2.05) is 0 Å². The number of rotatable bonds is 6. The van der Waals surface area contributed by atoms with Crippen molar-refractivity contribution >= 4 is 33.2 Å². The summed E-state index contributed by atoms with van der Waals surface area (Å²) in [5.41, 5.74) is -0.884. The van der Waals surface area contributed by atoms with Gasteiger partial charge in [0.2, 0.25) is 10.0 Å². The number of nitrogens with zero attached hydrogens (tertiary/aromatic N) is 1. The van der Waals surface area contributed by atoms with Crippen LogP contribution in [0.25, 0.3) is 0 Å². The van der Waals surface area contributed by atoms with E-state index < -0.39 is 15.6 Å². The van der Waals surface area contributed by atoms with Gasteiger partial charge in [0.1, 0.15) is 10.0 Å². The van der Waals surface area contributed by atoms with Crippen LogP contribution in [0.2, 0.25) is 10.2 Å². The highest BCUT2D eigenvalue weighted by atomic mass is 35.5. The minimum Gasteiger partial charge on any atom is -0.394 e. The minimum atomic E-state index is -3.81. The first-order chi connectivity index (χ1) is 8.80. The summed E-state index contributed by atoms with van der Waals surface area (Å²) in [7, 11) is -3.81. The molecule has 0 unspecified atom stereocenters. The highest BCUT2D eigenvalue weighted by molar-refractivity contribution is 7.89. The zero-order valence-corrected chi connectivity index (χ0v) is 13.0. The van der Waals surface area contributed by atoms with Crippen LogP contribution in [0.3, 0.4) is 0 Å². The summed E-state index contributed by atoms with van der Waals surface area (Å²) in [6.45, 7) is 3.32. The third-order valence-electron chi connectivity index (χ3n) is 3.09. The summed E-state index contributed by atoms with van der Waals surface area (Å²) in [6, 6.07) is 1.23. The second-order valence-electron chi connectivity index (χ2n) is 4.19. The molecule has 0 saturated heterocycles. The van der Waals surface area contributed by atoms with Crippen LogP contribution in [0.5, 0.6) is 0 Å². The molecule has 0 fully saturated rings. The van der Waals surface area contributed by atoms with Crippen LogP contribution in [0, 0.1) is 0 Å². The zero-order chi connectivity index (χ0) is 14.7. The highest BCUT2D eigenvalue weighted by Gasteiger charge is 2.31. The fraction of sp³-hybridized carbons (Fsp3) is 0.545. The SMILES string of the molecule is CCC(CC)(CO)NS(=O)(=O)c1cnc(Cl)c(Cl)c1. The van der Waals surface area contributed by atoms with Gasteiger partial charge in [0, 0.05) is 6.20 Å². The molecule has 2 N–H and O–H groups in total. The molecular weight excluding hydrogens is 311 g/mol. The number of aliphatic hydroxyl groups excluding tert-OH is 1. The van der Waals surface area contributed by atoms with Gasteiger partial charge in [0.05, 0.1) is 17.2 Å². The Morgan fingerprint density at radius 2 is 1.95 bits per heavy atom. The summed E-state index contributed by atoms with van der Waals surface area (Å²) in [5, 5.41) is 9.50. The number of halogens is 2. The lowest BCUT2D eigenvalue weighted by Crippen LogP contribution is -2.50. The number of aliphatic hydroxyl groups is 1. The molecule has 1 rings (SSSR count). The average Bonchev–Trinajstić information content (AvgIpc) is 2.39. The van der Waals surface area contributed by atoms with Crippen molar-refractivity contribution in [2.24, 2.45) is 0 Å². The van der Waals surface area contributed by atoms with Crippen molar-refractivity contribution in [3.63, 3.8) is 0 Å². The van der Waals surface area contributed by atoms with Crippen LogP contribution in [0.1, 0.15) is 26.7 Å². The van der Waals surface area contributed by atoms with Gasteiger partial charge in [-0.25, -0.2) is 18.1 Å². The molecule has 0 aliphatic rings. The van der Waals surface area contributed by atoms with E-state index in [1.165, 1.54) is 6.07 Å². The Bertz CT molecular complexity index is 537. The third-order valence-corrected chi connectivity index (χ3v) is 5.32. The number of nitrogens with one attached hydrogen (secondary N) is 1. The maximum Gasteiger partial charge on any atom is 0.242 e. The largest absolute Gasteiger partial charge is 0.394 e. The van der Waals surface area contributed by atoms with Crippen LogP contribution < -0.4 is 4.72 Å². The van der Waals surface area contributed by atoms with Crippen molar-refractivity contribution in [3.8, 4) is 0 Å². The van der Waals surface area contributed by atoms with Crippen LogP contribution in [-0.2, 0) is 10.0 Å². The first-order valence-corrected chi connectivity index (χ1v) is 8.00. The van der Waals surface area contributed by atoms with E-state index in [9.17, 15) is 13.5 Å².